The molecule has 0 atom stereocenters. The Kier molecular flexibility index (Phi) is 13.4. The van der Waals surface area contributed by atoms with Gasteiger partial charge < -0.3 is 15.5 Å². The van der Waals surface area contributed by atoms with Crippen molar-refractivity contribution < 1.29 is 0 Å². The van der Waals surface area contributed by atoms with Gasteiger partial charge in [-0.2, -0.15) is 0 Å². The average molecular weight is 467 g/mol. The molecule has 1 aromatic carbocycles. The SMILES string of the molecule is CCNC(=NCc1ccc(Cl)cc1)NCCCCN(C)C(C)C.I. The molecule has 138 valence electrons. The Bertz CT molecular complexity index is 463. The first-order chi connectivity index (χ1) is 11.0. The minimum absolute atomic E-state index is 0. The van der Waals surface area contributed by atoms with E-state index in [1.165, 1.54) is 6.42 Å². The average Bonchev–Trinajstić information content (AvgIpc) is 2.53. The van der Waals surface area contributed by atoms with Gasteiger partial charge in [0, 0.05) is 24.2 Å². The molecule has 0 aliphatic rings. The minimum Gasteiger partial charge on any atom is -0.357 e. The van der Waals surface area contributed by atoms with Gasteiger partial charge in [0.1, 0.15) is 0 Å². The highest BCUT2D eigenvalue weighted by atomic mass is 127. The van der Waals surface area contributed by atoms with Crippen LogP contribution in [0.5, 0.6) is 0 Å². The summed E-state index contributed by atoms with van der Waals surface area (Å²) in [6, 6.07) is 8.44. The third-order valence-electron chi connectivity index (χ3n) is 3.79. The standard InChI is InChI=1S/C18H31ClN4.HI/c1-5-20-18(21-12-6-7-13-23(4)15(2)3)22-14-16-8-10-17(19)11-9-16;/h8-11,15H,5-7,12-14H2,1-4H3,(H2,20,21,22);1H. The minimum atomic E-state index is 0. The van der Waals surface area contributed by atoms with Gasteiger partial charge in [-0.25, -0.2) is 4.99 Å². The number of unbranched alkanes of at least 4 members (excludes halogenated alkanes) is 1. The van der Waals surface area contributed by atoms with Gasteiger partial charge in [-0.05, 0) is 64.9 Å². The van der Waals surface area contributed by atoms with Crippen LogP contribution in [-0.2, 0) is 6.54 Å². The Balaban J connectivity index is 0.00000529. The molecule has 0 bridgehead atoms. The van der Waals surface area contributed by atoms with Gasteiger partial charge in [-0.15, -0.1) is 24.0 Å². The van der Waals surface area contributed by atoms with Crippen molar-refractivity contribution in [3.05, 3.63) is 34.9 Å². The quantitative estimate of drug-likeness (QED) is 0.249. The predicted molar refractivity (Wildman–Crippen MR) is 117 cm³/mol. The van der Waals surface area contributed by atoms with E-state index in [1.54, 1.807) is 0 Å². The van der Waals surface area contributed by atoms with Crippen LogP contribution in [0.15, 0.2) is 29.3 Å². The molecule has 0 aliphatic heterocycles. The second-order valence-corrected chi connectivity index (χ2v) is 6.47. The molecule has 2 N–H and O–H groups in total. The maximum atomic E-state index is 5.90. The normalized spacial score (nSPS) is 11.5. The topological polar surface area (TPSA) is 39.7 Å². The van der Waals surface area contributed by atoms with Crippen molar-refractivity contribution >= 4 is 41.5 Å². The lowest BCUT2D eigenvalue weighted by atomic mass is 10.2. The molecule has 6 heteroatoms. The summed E-state index contributed by atoms with van der Waals surface area (Å²) in [4.78, 5) is 6.99. The van der Waals surface area contributed by atoms with Crippen molar-refractivity contribution in [2.45, 2.75) is 46.2 Å². The third-order valence-corrected chi connectivity index (χ3v) is 4.04. The van der Waals surface area contributed by atoms with E-state index in [9.17, 15) is 0 Å². The molecule has 0 aromatic heterocycles. The van der Waals surface area contributed by atoms with Gasteiger partial charge in [0.05, 0.1) is 6.54 Å². The monoisotopic (exact) mass is 466 g/mol. The highest BCUT2D eigenvalue weighted by molar-refractivity contribution is 14.0. The number of guanidine groups is 1. The Labute approximate surface area is 169 Å². The first-order valence-corrected chi connectivity index (χ1v) is 8.87. The van der Waals surface area contributed by atoms with Crippen molar-refractivity contribution in [2.24, 2.45) is 4.99 Å². The summed E-state index contributed by atoms with van der Waals surface area (Å²) in [7, 11) is 2.18. The molecule has 24 heavy (non-hydrogen) atoms. The second-order valence-electron chi connectivity index (χ2n) is 6.03. The van der Waals surface area contributed by atoms with Crippen LogP contribution in [0.25, 0.3) is 0 Å². The number of benzene rings is 1. The predicted octanol–water partition coefficient (Wildman–Crippen LogP) is 4.13. The van der Waals surface area contributed by atoms with Crippen LogP contribution in [0.4, 0.5) is 0 Å². The summed E-state index contributed by atoms with van der Waals surface area (Å²) < 4.78 is 0. The van der Waals surface area contributed by atoms with Gasteiger partial charge >= 0.3 is 0 Å². The zero-order valence-corrected chi connectivity index (χ0v) is 18.4. The number of halogens is 2. The van der Waals surface area contributed by atoms with Crippen molar-refractivity contribution in [3.63, 3.8) is 0 Å². The number of hydrogen-bond donors (Lipinski definition) is 2. The van der Waals surface area contributed by atoms with Gasteiger partial charge in [0.25, 0.3) is 0 Å². The lowest BCUT2D eigenvalue weighted by Crippen LogP contribution is -2.38. The molecule has 0 fully saturated rings. The fraction of sp³-hybridized carbons (Fsp3) is 0.611. The van der Waals surface area contributed by atoms with E-state index in [4.69, 9.17) is 11.6 Å². The van der Waals surface area contributed by atoms with Crippen molar-refractivity contribution in [3.8, 4) is 0 Å². The summed E-state index contributed by atoms with van der Waals surface area (Å²) in [6.07, 6.45) is 2.33. The third kappa shape index (κ3) is 10.4. The summed E-state index contributed by atoms with van der Waals surface area (Å²) in [5.41, 5.74) is 1.16. The molecule has 0 saturated carbocycles. The Morgan fingerprint density at radius 1 is 1.17 bits per heavy atom. The van der Waals surface area contributed by atoms with E-state index >= 15 is 0 Å². The highest BCUT2D eigenvalue weighted by Crippen LogP contribution is 2.10. The molecule has 0 heterocycles. The lowest BCUT2D eigenvalue weighted by molar-refractivity contribution is 0.268. The fourth-order valence-corrected chi connectivity index (χ4v) is 2.18. The zero-order chi connectivity index (χ0) is 17.1. The Hall–Kier alpha value is -0.530. The van der Waals surface area contributed by atoms with Gasteiger partial charge in [0.15, 0.2) is 5.96 Å². The van der Waals surface area contributed by atoms with E-state index < -0.39 is 0 Å². The second kappa shape index (κ2) is 13.7. The maximum absolute atomic E-state index is 5.90. The van der Waals surface area contributed by atoms with E-state index in [0.29, 0.717) is 12.6 Å². The van der Waals surface area contributed by atoms with Crippen LogP contribution < -0.4 is 10.6 Å². The van der Waals surface area contributed by atoms with Gasteiger partial charge in [-0.3, -0.25) is 0 Å². The van der Waals surface area contributed by atoms with Crippen LogP contribution >= 0.6 is 35.6 Å². The van der Waals surface area contributed by atoms with Crippen molar-refractivity contribution in [2.75, 3.05) is 26.7 Å². The summed E-state index contributed by atoms with van der Waals surface area (Å²) in [5, 5.41) is 7.44. The largest absolute Gasteiger partial charge is 0.357 e. The molecule has 4 nitrogen and oxygen atoms in total. The molecule has 0 unspecified atom stereocenters. The summed E-state index contributed by atoms with van der Waals surface area (Å²) in [5.74, 6) is 0.875. The number of rotatable bonds is 9. The number of nitrogens with one attached hydrogen (secondary N) is 2. The van der Waals surface area contributed by atoms with E-state index in [2.05, 4.69) is 48.3 Å². The molecule has 0 radical (unpaired) electrons. The molecule has 1 rings (SSSR count). The molecular formula is C18H32ClIN4. The molecule has 0 spiro atoms. The number of aliphatic imine (C=N–C) groups is 1. The van der Waals surface area contributed by atoms with Crippen LogP contribution in [0.1, 0.15) is 39.2 Å². The van der Waals surface area contributed by atoms with Crippen LogP contribution in [0.3, 0.4) is 0 Å². The van der Waals surface area contributed by atoms with E-state index in [-0.39, 0.29) is 24.0 Å². The van der Waals surface area contributed by atoms with Crippen molar-refractivity contribution in [1.82, 2.24) is 15.5 Å². The molecule has 0 saturated heterocycles. The maximum Gasteiger partial charge on any atom is 0.191 e. The molecular weight excluding hydrogens is 435 g/mol. The number of hydrogen-bond acceptors (Lipinski definition) is 2. The van der Waals surface area contributed by atoms with Crippen LogP contribution in [-0.4, -0.2) is 43.6 Å². The first kappa shape index (κ1) is 23.5. The Morgan fingerprint density at radius 2 is 1.83 bits per heavy atom. The van der Waals surface area contributed by atoms with Gasteiger partial charge in [0.2, 0.25) is 0 Å². The summed E-state index contributed by atoms with van der Waals surface area (Å²) >= 11 is 5.90. The molecule has 0 amide bonds. The molecule has 1 aromatic rings. The fourth-order valence-electron chi connectivity index (χ4n) is 2.05. The van der Waals surface area contributed by atoms with Gasteiger partial charge in [-0.1, -0.05) is 23.7 Å². The van der Waals surface area contributed by atoms with E-state index in [1.807, 2.05) is 24.3 Å². The molecule has 0 aliphatic carbocycles. The Morgan fingerprint density at radius 3 is 2.42 bits per heavy atom. The van der Waals surface area contributed by atoms with Crippen molar-refractivity contribution in [1.29, 1.82) is 0 Å². The number of nitrogens with zero attached hydrogens (tertiary/aromatic N) is 2. The van der Waals surface area contributed by atoms with Crippen LogP contribution in [0, 0.1) is 0 Å². The smallest absolute Gasteiger partial charge is 0.191 e. The van der Waals surface area contributed by atoms with Crippen LogP contribution in [0.2, 0.25) is 5.02 Å². The highest BCUT2D eigenvalue weighted by Gasteiger charge is 2.02. The summed E-state index contributed by atoms with van der Waals surface area (Å²) in [6.45, 7) is 10.1. The zero-order valence-electron chi connectivity index (χ0n) is 15.3. The lowest BCUT2D eigenvalue weighted by Gasteiger charge is -2.20. The van der Waals surface area contributed by atoms with E-state index in [0.717, 1.165) is 42.6 Å². The first-order valence-electron chi connectivity index (χ1n) is 8.49.